The Bertz CT molecular complexity index is 5010. The van der Waals surface area contributed by atoms with Crippen LogP contribution >= 0.6 is 11.8 Å². The number of hydrogen-bond donors (Lipinski definition) is 21. The Morgan fingerprint density at radius 3 is 1.67 bits per heavy atom. The summed E-state index contributed by atoms with van der Waals surface area (Å²) in [6.45, 7) is 4.30. The Balaban J connectivity index is 1.08. The molecule has 3 unspecified atom stereocenters. The van der Waals surface area contributed by atoms with Crippen LogP contribution in [0.4, 0.5) is 0 Å². The predicted molar refractivity (Wildman–Crippen MR) is 486 cm³/mol. The number of nitrogens with zero attached hydrogens (tertiary/aromatic N) is 5. The summed E-state index contributed by atoms with van der Waals surface area (Å²) in [5.74, 6) is -17.9. The van der Waals surface area contributed by atoms with E-state index in [2.05, 4.69) is 68.5 Å². The van der Waals surface area contributed by atoms with Gasteiger partial charge in [0.25, 0.3) is 0 Å². The number of aromatic amines is 2. The second-order valence-corrected chi connectivity index (χ2v) is 35.1. The first-order chi connectivity index (χ1) is 62.9. The number of thioether (sulfide) groups is 1. The first-order valence-electron chi connectivity index (χ1n) is 44.4. The SMILES string of the molecule is CCCC[C@H]1C(=O)N(C)[C@@H](CCCC)C(=O)N[C@@H](CCCNC(=N)N)C(=O)N[C@H](C(=O)NCC(N)=O)CSCC(=O)N[C@@H](Cc2ccc(CN)cc2)C(=O)N(C)[C@@H](C)C(=O)N[C@@H](CC(N)=O)C(=O)N2CCC[C@H]2C(=O)N[C@@H](CN)C(=O)N[C@H]2CC(C)C3[C@H](O)CC(C(=O)N[C@@H](Cc4c[nH]c5ccccc45)C(=O)N[C@@H](CO)C(=O)N[C@@H](Cc4c[nH]c5ccccc45)C(=O)N1C)N3C2=O. The standard InChI is InChI=1S/C88H126N24O19S/c1-8-10-23-65-80(124)100-56(22-16-30-95-88(93)94)76(120)107-64(75(119)98-42-71(92)116)44-132-45-72(117)99-59(33-48-26-28-49(38-89)29-27-48)83(127)108(5)47(4)74(118)102-61(36-70(91)115)85(129)111-31-17-25-66(111)81(125)105-62(39-90)78(122)103-58-32-46(3)73-69(114)37-68(112(73)86(58)130)82(126)101-57(34-50-40-96-54-20-14-12-18-52(50)54)77(121)106-63(43-113)79(123)104-60(35-51-41-97-55-21-15-13-19-53(51)55)84(128)110(7)67(24-11-9-2)87(131)109(65)6/h12-15,18-21,26-29,40-41,46-47,56-69,73,96-97,113-114H,8-11,16-17,22-25,30-39,42-45,89-90H2,1-7H3,(H2,91,115)(H2,92,116)(H,98,119)(H,99,117)(H,100,124)(H,101,126)(H,102,118)(H,103,122)(H,104,123)(H,105,125)(H,106,121)(H,107,120)(H4,93,94,95)/t46?,47-,56-,57-,58-,59-,60-,61-,62-,63-,64-,65-,66-,67-,68?,69+,73?/m0/s1. The van der Waals surface area contributed by atoms with E-state index in [4.69, 9.17) is 34.1 Å². The van der Waals surface area contributed by atoms with Gasteiger partial charge < -0.3 is 132 Å². The Labute approximate surface area is 767 Å². The van der Waals surface area contributed by atoms with Gasteiger partial charge >= 0.3 is 0 Å². The normalized spacial score (nSPS) is 26.5. The van der Waals surface area contributed by atoms with Crippen LogP contribution in [-0.4, -0.2) is 313 Å². The molecule has 43 nitrogen and oxygen atoms in total. The average molecular weight is 1860 g/mol. The number of rotatable bonds is 24. The summed E-state index contributed by atoms with van der Waals surface area (Å²) >= 11 is 0.781. The molecule has 9 rings (SSSR count). The van der Waals surface area contributed by atoms with Crippen molar-refractivity contribution in [2.45, 2.75) is 234 Å². The molecule has 17 amide bonds. The van der Waals surface area contributed by atoms with Gasteiger partial charge in [-0.25, -0.2) is 0 Å². The third kappa shape index (κ3) is 26.8. The molecule has 26 N–H and O–H groups in total. The maximum atomic E-state index is 15.7. The maximum Gasteiger partial charge on any atom is 0.246 e. The van der Waals surface area contributed by atoms with Crippen molar-refractivity contribution < 1.29 is 91.7 Å². The zero-order valence-electron chi connectivity index (χ0n) is 75.2. The number of aliphatic hydroxyl groups excluding tert-OH is 2. The number of carbonyl (C=O) groups excluding carboxylic acids is 17. The molecule has 6 heterocycles. The number of hydrogen-bond acceptors (Lipinski definition) is 23. The van der Waals surface area contributed by atoms with Gasteiger partial charge in [-0.1, -0.05) is 107 Å². The van der Waals surface area contributed by atoms with Gasteiger partial charge in [0.1, 0.15) is 84.6 Å². The first kappa shape index (κ1) is 103. The van der Waals surface area contributed by atoms with Crippen LogP contribution in [0.15, 0.2) is 85.2 Å². The lowest BCUT2D eigenvalue weighted by Crippen LogP contribution is -2.65. The molecule has 17 atom stereocenters. The van der Waals surface area contributed by atoms with Gasteiger partial charge in [0.15, 0.2) is 5.96 Å². The fraction of sp³-hybridized carbons (Fsp3) is 0.545. The van der Waals surface area contributed by atoms with Crippen LogP contribution in [0.1, 0.15) is 133 Å². The number of nitrogens with one attached hydrogen (secondary N) is 14. The molecule has 4 fully saturated rings. The fourth-order valence-electron chi connectivity index (χ4n) is 17.2. The van der Waals surface area contributed by atoms with Crippen molar-refractivity contribution in [1.82, 2.24) is 93.0 Å². The highest BCUT2D eigenvalue weighted by atomic mass is 32.2. The molecule has 718 valence electrons. The Morgan fingerprint density at radius 2 is 1.07 bits per heavy atom. The molecule has 2 bridgehead atoms. The average Bonchev–Trinajstić information content (AvgIpc) is 1.60. The van der Waals surface area contributed by atoms with Crippen LogP contribution in [-0.2, 0) is 107 Å². The largest absolute Gasteiger partial charge is 0.394 e. The summed E-state index contributed by atoms with van der Waals surface area (Å²) in [5.41, 5.74) is 32.3. The summed E-state index contributed by atoms with van der Waals surface area (Å²) in [6.07, 6.45) is 1.50. The van der Waals surface area contributed by atoms with Gasteiger partial charge in [0.05, 0.1) is 37.5 Å². The minimum atomic E-state index is -1.88. The molecule has 0 spiro atoms. The number of unbranched alkanes of at least 4 members (excludes halogenated alkanes) is 2. The van der Waals surface area contributed by atoms with Crippen LogP contribution in [0.2, 0.25) is 0 Å². The number of aliphatic hydroxyl groups is 2. The summed E-state index contributed by atoms with van der Waals surface area (Å²) in [7, 11) is 3.93. The van der Waals surface area contributed by atoms with Crippen LogP contribution in [0, 0.1) is 11.3 Å². The van der Waals surface area contributed by atoms with E-state index in [0.29, 0.717) is 64.2 Å². The van der Waals surface area contributed by atoms with E-state index < -0.39 is 247 Å². The Hall–Kier alpha value is -12.8. The van der Waals surface area contributed by atoms with Crippen LogP contribution in [0.25, 0.3) is 21.8 Å². The number of H-pyrrole nitrogens is 2. The molecule has 132 heavy (non-hydrogen) atoms. The summed E-state index contributed by atoms with van der Waals surface area (Å²) in [5, 5.41) is 60.9. The number of carbonyl (C=O) groups is 17. The number of primary amides is 2. The summed E-state index contributed by atoms with van der Waals surface area (Å²) in [6, 6.07) is -1.86. The van der Waals surface area contributed by atoms with E-state index in [1.807, 2.05) is 13.8 Å². The zero-order valence-corrected chi connectivity index (χ0v) is 76.1. The topological polar surface area (TPSA) is 665 Å². The van der Waals surface area contributed by atoms with Crippen molar-refractivity contribution in [1.29, 1.82) is 5.41 Å². The van der Waals surface area contributed by atoms with Crippen molar-refractivity contribution in [3.63, 3.8) is 0 Å². The number of amides is 17. The predicted octanol–water partition coefficient (Wildman–Crippen LogP) is -4.82. The van der Waals surface area contributed by atoms with Crippen molar-refractivity contribution in [2.75, 3.05) is 65.4 Å². The quantitative estimate of drug-likeness (QED) is 0.0157. The lowest BCUT2D eigenvalue weighted by molar-refractivity contribution is -0.150. The molecular weight excluding hydrogens is 1730 g/mol. The molecular formula is C88H126N24O19S. The van der Waals surface area contributed by atoms with E-state index in [-0.39, 0.29) is 90.3 Å². The monoisotopic (exact) mass is 1850 g/mol. The second kappa shape index (κ2) is 48.4. The van der Waals surface area contributed by atoms with Crippen molar-refractivity contribution in [3.8, 4) is 0 Å². The van der Waals surface area contributed by atoms with Gasteiger partial charge in [0.2, 0.25) is 100 Å². The molecule has 44 heteroatoms. The highest BCUT2D eigenvalue weighted by molar-refractivity contribution is 8.00. The number of aromatic nitrogens is 2. The molecule has 2 aromatic heterocycles. The number of benzene rings is 3. The van der Waals surface area contributed by atoms with Crippen LogP contribution in [0.3, 0.4) is 0 Å². The fourth-order valence-corrected chi connectivity index (χ4v) is 18.0. The second-order valence-electron chi connectivity index (χ2n) is 34.0. The van der Waals surface area contributed by atoms with E-state index in [0.717, 1.165) is 41.8 Å². The van der Waals surface area contributed by atoms with E-state index in [1.54, 1.807) is 92.1 Å². The molecule has 4 aliphatic heterocycles. The lowest BCUT2D eigenvalue weighted by atomic mass is 9.86. The summed E-state index contributed by atoms with van der Waals surface area (Å²) in [4.78, 5) is 260. The van der Waals surface area contributed by atoms with E-state index >= 15 is 33.6 Å². The molecule has 4 aliphatic rings. The number of guanidine groups is 1. The minimum absolute atomic E-state index is 0.00574. The smallest absolute Gasteiger partial charge is 0.246 e. The highest BCUT2D eigenvalue weighted by Crippen LogP contribution is 2.37. The third-order valence-corrected chi connectivity index (χ3v) is 25.6. The zero-order chi connectivity index (χ0) is 96.5. The van der Waals surface area contributed by atoms with E-state index in [9.17, 15) is 58.2 Å². The highest BCUT2D eigenvalue weighted by Gasteiger charge is 2.55. The van der Waals surface area contributed by atoms with Gasteiger partial charge in [-0.3, -0.25) is 86.9 Å². The van der Waals surface area contributed by atoms with Gasteiger partial charge in [-0.2, -0.15) is 0 Å². The molecule has 5 aromatic rings. The number of piperidine rings is 1. The Kier molecular flexibility index (Phi) is 37.7. The van der Waals surface area contributed by atoms with Crippen molar-refractivity contribution in [2.24, 2.45) is 34.6 Å². The summed E-state index contributed by atoms with van der Waals surface area (Å²) < 4.78 is 0. The molecule has 0 saturated carbocycles. The number of para-hydroxylation sites is 2. The van der Waals surface area contributed by atoms with Gasteiger partial charge in [0, 0.05) is 113 Å². The molecule has 3 aromatic carbocycles. The molecule has 0 aliphatic carbocycles. The number of likely N-dealkylation sites (N-methyl/N-ethyl adjacent to an activating group) is 3. The van der Waals surface area contributed by atoms with Gasteiger partial charge in [-0.15, -0.1) is 11.8 Å². The first-order valence-corrected chi connectivity index (χ1v) is 45.6. The minimum Gasteiger partial charge on any atom is -0.394 e. The maximum absolute atomic E-state index is 15.7. The van der Waals surface area contributed by atoms with Crippen molar-refractivity contribution >= 4 is 140 Å². The molecule has 4 saturated heterocycles. The van der Waals surface area contributed by atoms with E-state index in [1.165, 1.54) is 28.1 Å². The van der Waals surface area contributed by atoms with Gasteiger partial charge in [-0.05, 0) is 92.2 Å². The Morgan fingerprint density at radius 1 is 0.530 bits per heavy atom. The number of nitrogens with two attached hydrogens (primary N) is 5. The number of fused-ring (bicyclic) bond motifs is 4. The third-order valence-electron chi connectivity index (χ3n) is 24.6. The molecule has 0 radical (unpaired) electrons. The van der Waals surface area contributed by atoms with Crippen LogP contribution < -0.4 is 87.2 Å². The van der Waals surface area contributed by atoms with Crippen LogP contribution in [0.5, 0.6) is 0 Å². The lowest BCUT2D eigenvalue weighted by Gasteiger charge is -2.42. The van der Waals surface area contributed by atoms with Crippen molar-refractivity contribution in [3.05, 3.63) is 107 Å².